The summed E-state index contributed by atoms with van der Waals surface area (Å²) in [6, 6.07) is 0. The van der Waals surface area contributed by atoms with Crippen LogP contribution in [0.1, 0.15) is 85.5 Å². The number of halogens is 3. The van der Waals surface area contributed by atoms with Crippen molar-refractivity contribution in [2.75, 3.05) is 6.54 Å². The van der Waals surface area contributed by atoms with E-state index in [0.29, 0.717) is 12.3 Å². The van der Waals surface area contributed by atoms with E-state index in [0.717, 1.165) is 37.0 Å². The number of alkyl halides is 3. The molecule has 2 amide bonds. The summed E-state index contributed by atoms with van der Waals surface area (Å²) in [7, 11) is 0. The maximum atomic E-state index is 14.6. The van der Waals surface area contributed by atoms with Crippen LogP contribution in [0, 0.1) is 17.3 Å². The van der Waals surface area contributed by atoms with E-state index in [4.69, 9.17) is 0 Å². The van der Waals surface area contributed by atoms with E-state index >= 15 is 0 Å². The van der Waals surface area contributed by atoms with Gasteiger partial charge in [-0.2, -0.15) is 13.2 Å². The molecule has 3 rings (SSSR count). The van der Waals surface area contributed by atoms with Crippen molar-refractivity contribution in [1.82, 2.24) is 10.2 Å². The first-order valence-corrected chi connectivity index (χ1v) is 11.7. The Morgan fingerprint density at radius 1 is 1.12 bits per heavy atom. The van der Waals surface area contributed by atoms with Crippen LogP contribution >= 0.6 is 0 Å². The van der Waals surface area contributed by atoms with Gasteiger partial charge in [-0.1, -0.05) is 59.8 Å². The number of carbonyl (C=O) groups excluding carboxylic acids is 3. The molecule has 32 heavy (non-hydrogen) atoms. The van der Waals surface area contributed by atoms with Crippen molar-refractivity contribution in [3.05, 3.63) is 11.3 Å². The second-order valence-corrected chi connectivity index (χ2v) is 10.9. The van der Waals surface area contributed by atoms with Crippen LogP contribution in [-0.2, 0) is 14.4 Å². The molecule has 0 bridgehead atoms. The van der Waals surface area contributed by atoms with E-state index < -0.39 is 40.3 Å². The molecule has 3 aliphatic rings. The lowest BCUT2D eigenvalue weighted by Crippen LogP contribution is -2.66. The average Bonchev–Trinajstić information content (AvgIpc) is 2.89. The van der Waals surface area contributed by atoms with Gasteiger partial charge in [0.2, 0.25) is 11.4 Å². The summed E-state index contributed by atoms with van der Waals surface area (Å²) in [4.78, 5) is 40.3. The minimum Gasteiger partial charge on any atom is -0.330 e. The van der Waals surface area contributed by atoms with E-state index in [9.17, 15) is 27.6 Å². The average molecular weight is 457 g/mol. The normalized spacial score (nSPS) is 26.7. The maximum absolute atomic E-state index is 14.6. The van der Waals surface area contributed by atoms with Crippen LogP contribution in [0.4, 0.5) is 13.2 Å². The van der Waals surface area contributed by atoms with Gasteiger partial charge in [0.25, 0.3) is 5.91 Å². The number of carbonyl (C=O) groups is 3. The molecular weight excluding hydrogens is 421 g/mol. The number of rotatable bonds is 6. The lowest BCUT2D eigenvalue weighted by molar-refractivity contribution is -0.194. The van der Waals surface area contributed by atoms with Gasteiger partial charge in [0.15, 0.2) is 5.78 Å². The summed E-state index contributed by atoms with van der Waals surface area (Å²) >= 11 is 0. The SMILES string of the molecule is CC(C)CN1C(=O)[C@@](NC(=O)CCC2CCCCC2)(C(F)(F)F)C2=C1CC(C)(C)CC2=O. The van der Waals surface area contributed by atoms with Crippen LogP contribution in [0.5, 0.6) is 0 Å². The van der Waals surface area contributed by atoms with E-state index in [1.54, 1.807) is 13.8 Å². The highest BCUT2D eigenvalue weighted by Crippen LogP contribution is 2.51. The van der Waals surface area contributed by atoms with Crippen molar-refractivity contribution in [3.8, 4) is 0 Å². The molecule has 1 atom stereocenters. The Bertz CT molecular complexity index is 810. The predicted molar refractivity (Wildman–Crippen MR) is 114 cm³/mol. The number of nitrogens with one attached hydrogen (secondary N) is 1. The van der Waals surface area contributed by atoms with E-state index in [1.165, 1.54) is 0 Å². The molecule has 1 saturated carbocycles. The highest BCUT2D eigenvalue weighted by molar-refractivity contribution is 6.13. The Morgan fingerprint density at radius 3 is 2.31 bits per heavy atom. The second-order valence-electron chi connectivity index (χ2n) is 10.9. The molecule has 1 fully saturated rings. The van der Waals surface area contributed by atoms with Crippen LogP contribution in [0.15, 0.2) is 11.3 Å². The lowest BCUT2D eigenvalue weighted by atomic mass is 9.72. The van der Waals surface area contributed by atoms with Crippen LogP contribution in [0.2, 0.25) is 0 Å². The van der Waals surface area contributed by atoms with Gasteiger partial charge in [-0.15, -0.1) is 0 Å². The number of amides is 2. The Balaban J connectivity index is 1.97. The van der Waals surface area contributed by atoms with E-state index in [2.05, 4.69) is 0 Å². The van der Waals surface area contributed by atoms with Gasteiger partial charge in [0.05, 0.1) is 5.57 Å². The zero-order valence-electron chi connectivity index (χ0n) is 19.5. The summed E-state index contributed by atoms with van der Waals surface area (Å²) in [6.07, 6.45) is 0.627. The van der Waals surface area contributed by atoms with Crippen LogP contribution < -0.4 is 5.32 Å². The Labute approximate surface area is 188 Å². The number of Topliss-reactive ketones (excluding diaryl/α,β-unsaturated/α-hetero) is 1. The van der Waals surface area contributed by atoms with Gasteiger partial charge in [-0.25, -0.2) is 0 Å². The fraction of sp³-hybridized carbons (Fsp3) is 0.792. The van der Waals surface area contributed by atoms with Crippen LogP contribution in [0.3, 0.4) is 0 Å². The number of allylic oxidation sites excluding steroid dienone is 1. The van der Waals surface area contributed by atoms with Crippen molar-refractivity contribution in [2.45, 2.75) is 97.2 Å². The van der Waals surface area contributed by atoms with Gasteiger partial charge in [0.1, 0.15) is 0 Å². The zero-order chi connectivity index (χ0) is 23.9. The molecule has 0 aromatic heterocycles. The topological polar surface area (TPSA) is 66.5 Å². The molecule has 180 valence electrons. The molecule has 1 aliphatic heterocycles. The molecule has 0 spiro atoms. The molecule has 8 heteroatoms. The third-order valence-corrected chi connectivity index (χ3v) is 6.92. The van der Waals surface area contributed by atoms with Gasteiger partial charge in [-0.3, -0.25) is 14.4 Å². The minimum atomic E-state index is -5.12. The zero-order valence-corrected chi connectivity index (χ0v) is 19.5. The maximum Gasteiger partial charge on any atom is 0.425 e. The van der Waals surface area contributed by atoms with Gasteiger partial charge >= 0.3 is 6.18 Å². The monoisotopic (exact) mass is 456 g/mol. The van der Waals surface area contributed by atoms with Crippen molar-refractivity contribution >= 4 is 17.6 Å². The third-order valence-electron chi connectivity index (χ3n) is 6.92. The van der Waals surface area contributed by atoms with Crippen molar-refractivity contribution in [2.24, 2.45) is 17.3 Å². The number of hydrogen-bond acceptors (Lipinski definition) is 3. The highest BCUT2D eigenvalue weighted by Gasteiger charge is 2.71. The second kappa shape index (κ2) is 8.82. The Kier molecular flexibility index (Phi) is 6.83. The van der Waals surface area contributed by atoms with Crippen molar-refractivity contribution in [1.29, 1.82) is 0 Å². The summed E-state index contributed by atoms with van der Waals surface area (Å²) in [5.41, 5.74) is -4.29. The molecule has 0 unspecified atom stereocenters. The quantitative estimate of drug-likeness (QED) is 0.618. The van der Waals surface area contributed by atoms with Gasteiger partial charge in [-0.05, 0) is 30.1 Å². The first-order valence-electron chi connectivity index (χ1n) is 11.7. The van der Waals surface area contributed by atoms with Gasteiger partial charge < -0.3 is 10.2 Å². The van der Waals surface area contributed by atoms with Crippen LogP contribution in [-0.4, -0.2) is 40.8 Å². The Morgan fingerprint density at radius 2 is 1.75 bits per heavy atom. The summed E-state index contributed by atoms with van der Waals surface area (Å²) in [5, 5.41) is 2.05. The molecular formula is C24H35F3N2O3. The van der Waals surface area contributed by atoms with Crippen molar-refractivity contribution in [3.63, 3.8) is 0 Å². The van der Waals surface area contributed by atoms with E-state index in [-0.39, 0.29) is 37.4 Å². The first-order chi connectivity index (χ1) is 14.8. The lowest BCUT2D eigenvalue weighted by Gasteiger charge is -2.35. The minimum absolute atomic E-state index is 0.0663. The van der Waals surface area contributed by atoms with Gasteiger partial charge in [0, 0.05) is 25.1 Å². The predicted octanol–water partition coefficient (Wildman–Crippen LogP) is 4.91. The fourth-order valence-electron chi connectivity index (χ4n) is 5.47. The number of nitrogens with zero attached hydrogens (tertiary/aromatic N) is 1. The molecule has 1 N–H and O–H groups in total. The summed E-state index contributed by atoms with van der Waals surface area (Å²) in [5.74, 6) is -2.56. The standard InChI is InChI=1S/C24H35F3N2O3/c1-15(2)14-29-17-12-22(3,4)13-18(30)20(17)23(21(29)32,24(25,26)27)28-19(31)11-10-16-8-6-5-7-9-16/h15-16H,5-14H2,1-4H3,(H,28,31)/t23-/m1/s1. The number of ketones is 1. The summed E-state index contributed by atoms with van der Waals surface area (Å²) in [6.45, 7) is 7.29. The number of hydrogen-bond donors (Lipinski definition) is 1. The highest BCUT2D eigenvalue weighted by atomic mass is 19.4. The largest absolute Gasteiger partial charge is 0.425 e. The summed E-state index contributed by atoms with van der Waals surface area (Å²) < 4.78 is 43.9. The molecule has 0 aromatic rings. The first kappa shape index (κ1) is 24.8. The molecule has 0 saturated heterocycles. The molecule has 1 heterocycles. The van der Waals surface area contributed by atoms with Crippen LogP contribution in [0.25, 0.3) is 0 Å². The Hall–Kier alpha value is -1.86. The molecule has 5 nitrogen and oxygen atoms in total. The van der Waals surface area contributed by atoms with Crippen molar-refractivity contribution < 1.29 is 27.6 Å². The van der Waals surface area contributed by atoms with E-state index in [1.807, 2.05) is 19.2 Å². The molecule has 0 aromatic carbocycles. The smallest absolute Gasteiger partial charge is 0.330 e. The third kappa shape index (κ3) is 4.60. The molecule has 2 aliphatic carbocycles. The molecule has 0 radical (unpaired) electrons. The fourth-order valence-corrected chi connectivity index (χ4v) is 5.47.